The Balaban J connectivity index is 2.13. The van der Waals surface area contributed by atoms with Crippen LogP contribution in [0.1, 0.15) is 5.56 Å². The van der Waals surface area contributed by atoms with Crippen molar-refractivity contribution in [1.29, 1.82) is 0 Å². The lowest BCUT2D eigenvalue weighted by Gasteiger charge is -2.07. The minimum atomic E-state index is -0.584. The number of rotatable bonds is 4. The molecular weight excluding hydrogens is 232 g/mol. The van der Waals surface area contributed by atoms with Crippen molar-refractivity contribution in [1.82, 2.24) is 0 Å². The Bertz CT molecular complexity index is 450. The van der Waals surface area contributed by atoms with Gasteiger partial charge in [-0.2, -0.15) is 0 Å². The number of benzene rings is 2. The van der Waals surface area contributed by atoms with Gasteiger partial charge in [0.1, 0.15) is 0 Å². The fraction of sp³-hybridized carbons (Fsp3) is 0.133. The zero-order valence-corrected chi connectivity index (χ0v) is 10.1. The molecule has 0 bridgehead atoms. The number of aliphatic hydroxyl groups is 1. The summed E-state index contributed by atoms with van der Waals surface area (Å²) in [6.45, 7) is 0. The fourth-order valence-electron chi connectivity index (χ4n) is 1.68. The number of aliphatic hydroxyl groups excluding tert-OH is 1. The SMILES string of the molecule is O[C@@H]([CH]c1ccc(-c2ccccc2)cc1)CCl. The molecule has 2 aromatic rings. The first-order valence-corrected chi connectivity index (χ1v) is 6.07. The minimum Gasteiger partial charge on any atom is -0.391 e. The van der Waals surface area contributed by atoms with Crippen molar-refractivity contribution in [3.63, 3.8) is 0 Å². The Morgan fingerprint density at radius 1 is 0.941 bits per heavy atom. The lowest BCUT2D eigenvalue weighted by Crippen LogP contribution is -2.09. The molecule has 1 atom stereocenters. The molecule has 0 aliphatic carbocycles. The van der Waals surface area contributed by atoms with E-state index in [0.29, 0.717) is 0 Å². The van der Waals surface area contributed by atoms with Crippen LogP contribution in [-0.2, 0) is 0 Å². The van der Waals surface area contributed by atoms with Crippen molar-refractivity contribution in [2.45, 2.75) is 6.10 Å². The van der Waals surface area contributed by atoms with Crippen molar-refractivity contribution in [2.75, 3.05) is 5.88 Å². The minimum absolute atomic E-state index is 0.223. The fourth-order valence-corrected chi connectivity index (χ4v) is 1.77. The molecule has 2 heteroatoms. The second-order valence-electron chi connectivity index (χ2n) is 3.88. The zero-order chi connectivity index (χ0) is 12.1. The van der Waals surface area contributed by atoms with E-state index in [1.54, 1.807) is 6.42 Å². The van der Waals surface area contributed by atoms with Gasteiger partial charge < -0.3 is 5.11 Å². The summed E-state index contributed by atoms with van der Waals surface area (Å²) in [7, 11) is 0. The molecule has 0 unspecified atom stereocenters. The second kappa shape index (κ2) is 5.85. The molecular formula is C15H14ClO. The highest BCUT2D eigenvalue weighted by atomic mass is 35.5. The van der Waals surface area contributed by atoms with Crippen LogP contribution in [0.5, 0.6) is 0 Å². The normalized spacial score (nSPS) is 12.4. The summed E-state index contributed by atoms with van der Waals surface area (Å²) in [4.78, 5) is 0. The first-order chi connectivity index (χ1) is 8.29. The molecule has 2 rings (SSSR count). The summed E-state index contributed by atoms with van der Waals surface area (Å²) in [5.74, 6) is 0.223. The van der Waals surface area contributed by atoms with E-state index in [2.05, 4.69) is 12.1 Å². The van der Waals surface area contributed by atoms with Crippen LogP contribution in [-0.4, -0.2) is 17.1 Å². The van der Waals surface area contributed by atoms with Gasteiger partial charge in [-0.1, -0.05) is 54.6 Å². The maximum atomic E-state index is 9.41. The largest absolute Gasteiger partial charge is 0.391 e. The van der Waals surface area contributed by atoms with Crippen molar-refractivity contribution in [3.8, 4) is 11.1 Å². The van der Waals surface area contributed by atoms with Gasteiger partial charge in [0.2, 0.25) is 0 Å². The Kier molecular flexibility index (Phi) is 4.18. The summed E-state index contributed by atoms with van der Waals surface area (Å²) in [5.41, 5.74) is 3.35. The van der Waals surface area contributed by atoms with Crippen LogP contribution >= 0.6 is 11.6 Å². The molecule has 0 spiro atoms. The highest BCUT2D eigenvalue weighted by Crippen LogP contribution is 2.20. The van der Waals surface area contributed by atoms with Crippen molar-refractivity contribution < 1.29 is 5.11 Å². The first kappa shape index (κ1) is 12.2. The molecule has 1 radical (unpaired) electrons. The van der Waals surface area contributed by atoms with Crippen LogP contribution in [0, 0.1) is 6.42 Å². The lowest BCUT2D eigenvalue weighted by molar-refractivity contribution is 0.234. The van der Waals surface area contributed by atoms with Gasteiger partial charge in [0.25, 0.3) is 0 Å². The van der Waals surface area contributed by atoms with Gasteiger partial charge in [-0.05, 0) is 16.7 Å². The molecule has 0 aliphatic heterocycles. The van der Waals surface area contributed by atoms with Gasteiger partial charge in [-0.3, -0.25) is 0 Å². The molecule has 0 amide bonds. The second-order valence-corrected chi connectivity index (χ2v) is 4.18. The van der Waals surface area contributed by atoms with E-state index in [1.807, 2.05) is 42.5 Å². The average Bonchev–Trinajstić information content (AvgIpc) is 2.40. The van der Waals surface area contributed by atoms with E-state index in [9.17, 15) is 5.11 Å². The van der Waals surface area contributed by atoms with E-state index < -0.39 is 6.10 Å². The Hall–Kier alpha value is -1.31. The van der Waals surface area contributed by atoms with Crippen LogP contribution in [0.4, 0.5) is 0 Å². The van der Waals surface area contributed by atoms with Gasteiger partial charge in [-0.25, -0.2) is 0 Å². The molecule has 1 N–H and O–H groups in total. The summed E-state index contributed by atoms with van der Waals surface area (Å²) < 4.78 is 0. The molecule has 0 heterocycles. The van der Waals surface area contributed by atoms with Crippen LogP contribution in [0.25, 0.3) is 11.1 Å². The third-order valence-electron chi connectivity index (χ3n) is 2.56. The smallest absolute Gasteiger partial charge is 0.0750 e. The Labute approximate surface area is 107 Å². The Morgan fingerprint density at radius 3 is 2.12 bits per heavy atom. The van der Waals surface area contributed by atoms with E-state index in [4.69, 9.17) is 11.6 Å². The first-order valence-electron chi connectivity index (χ1n) is 5.54. The summed E-state index contributed by atoms with van der Waals surface area (Å²) >= 11 is 5.55. The molecule has 0 aliphatic rings. The highest BCUT2D eigenvalue weighted by molar-refractivity contribution is 6.18. The predicted octanol–water partition coefficient (Wildman–Crippen LogP) is 3.51. The van der Waals surface area contributed by atoms with Crippen molar-refractivity contribution >= 4 is 11.6 Å². The van der Waals surface area contributed by atoms with Crippen molar-refractivity contribution in [3.05, 3.63) is 66.6 Å². The van der Waals surface area contributed by atoms with Gasteiger partial charge in [0.05, 0.1) is 6.10 Å². The van der Waals surface area contributed by atoms with E-state index in [0.717, 1.165) is 5.56 Å². The average molecular weight is 246 g/mol. The summed E-state index contributed by atoms with van der Waals surface area (Å²) in [6, 6.07) is 18.3. The van der Waals surface area contributed by atoms with Crippen LogP contribution in [0.3, 0.4) is 0 Å². The standard InChI is InChI=1S/C15H14ClO/c16-11-15(17)10-12-6-8-14(9-7-12)13-4-2-1-3-5-13/h1-10,15,17H,11H2/t15-/m0/s1. The van der Waals surface area contributed by atoms with Crippen molar-refractivity contribution in [2.24, 2.45) is 0 Å². The number of halogens is 1. The zero-order valence-electron chi connectivity index (χ0n) is 9.38. The molecule has 0 saturated heterocycles. The predicted molar refractivity (Wildman–Crippen MR) is 72.0 cm³/mol. The quantitative estimate of drug-likeness (QED) is 0.818. The lowest BCUT2D eigenvalue weighted by atomic mass is 10.0. The third-order valence-corrected chi connectivity index (χ3v) is 2.88. The van der Waals surface area contributed by atoms with E-state index in [-0.39, 0.29) is 5.88 Å². The van der Waals surface area contributed by atoms with Crippen LogP contribution < -0.4 is 0 Å². The molecule has 0 fully saturated rings. The monoisotopic (exact) mass is 245 g/mol. The summed E-state index contributed by atoms with van der Waals surface area (Å²) in [5, 5.41) is 9.41. The van der Waals surface area contributed by atoms with Crippen LogP contribution in [0.2, 0.25) is 0 Å². The van der Waals surface area contributed by atoms with E-state index in [1.165, 1.54) is 11.1 Å². The molecule has 0 saturated carbocycles. The molecule has 2 aromatic carbocycles. The maximum Gasteiger partial charge on any atom is 0.0750 e. The topological polar surface area (TPSA) is 20.2 Å². The molecule has 1 nitrogen and oxygen atoms in total. The highest BCUT2D eigenvalue weighted by Gasteiger charge is 2.04. The molecule has 17 heavy (non-hydrogen) atoms. The third kappa shape index (κ3) is 3.32. The maximum absolute atomic E-state index is 9.41. The number of alkyl halides is 1. The van der Waals surface area contributed by atoms with Gasteiger partial charge >= 0.3 is 0 Å². The molecule has 87 valence electrons. The number of hydrogen-bond donors (Lipinski definition) is 1. The van der Waals surface area contributed by atoms with Gasteiger partial charge in [0, 0.05) is 12.3 Å². The van der Waals surface area contributed by atoms with E-state index >= 15 is 0 Å². The Morgan fingerprint density at radius 2 is 1.53 bits per heavy atom. The number of hydrogen-bond acceptors (Lipinski definition) is 1. The van der Waals surface area contributed by atoms with Gasteiger partial charge in [0.15, 0.2) is 0 Å². The summed E-state index contributed by atoms with van der Waals surface area (Å²) in [6.07, 6.45) is 1.17. The van der Waals surface area contributed by atoms with Gasteiger partial charge in [-0.15, -0.1) is 11.6 Å². The van der Waals surface area contributed by atoms with Crippen LogP contribution in [0.15, 0.2) is 54.6 Å². The molecule has 0 aromatic heterocycles.